The average Bonchev–Trinajstić information content (AvgIpc) is 3.51. The summed E-state index contributed by atoms with van der Waals surface area (Å²) in [7, 11) is -3.69. The molecule has 2 aliphatic heterocycles. The summed E-state index contributed by atoms with van der Waals surface area (Å²) >= 11 is 0. The van der Waals surface area contributed by atoms with E-state index in [0.29, 0.717) is 25.2 Å². The normalized spacial score (nSPS) is 19.1. The highest BCUT2D eigenvalue weighted by Gasteiger charge is 2.37. The van der Waals surface area contributed by atoms with Crippen molar-refractivity contribution in [3.05, 3.63) is 54.4 Å². The van der Waals surface area contributed by atoms with Gasteiger partial charge < -0.3 is 15.5 Å². The molecule has 0 radical (unpaired) electrons. The van der Waals surface area contributed by atoms with Gasteiger partial charge in [-0.1, -0.05) is 6.07 Å². The Morgan fingerprint density at radius 1 is 1.06 bits per heavy atom. The SMILES string of the molecule is O=C(NCc1cccnc1)Nc1ccc(S(=O)(=O)N2CCC(C(=O)N3CCCC3)C2)cc1. The number of nitrogens with one attached hydrogen (secondary N) is 2. The fourth-order valence-corrected chi connectivity index (χ4v) is 5.56. The molecular formula is C22H27N5O4S. The molecule has 3 amide bonds. The number of amides is 3. The van der Waals surface area contributed by atoms with Gasteiger partial charge in [0, 0.05) is 50.8 Å². The minimum Gasteiger partial charge on any atom is -0.342 e. The summed E-state index contributed by atoms with van der Waals surface area (Å²) < 4.78 is 27.4. The summed E-state index contributed by atoms with van der Waals surface area (Å²) in [5.74, 6) is -0.204. The molecule has 1 aromatic heterocycles. The number of hydrogen-bond acceptors (Lipinski definition) is 5. The lowest BCUT2D eigenvalue weighted by Crippen LogP contribution is -2.36. The number of benzene rings is 1. The molecule has 170 valence electrons. The molecule has 3 heterocycles. The molecule has 1 aromatic carbocycles. The van der Waals surface area contributed by atoms with Crippen molar-refractivity contribution in [2.75, 3.05) is 31.5 Å². The Kier molecular flexibility index (Phi) is 6.71. The first-order valence-corrected chi connectivity index (χ1v) is 12.2. The topological polar surface area (TPSA) is 112 Å². The van der Waals surface area contributed by atoms with Crippen LogP contribution in [0.15, 0.2) is 53.7 Å². The Labute approximate surface area is 187 Å². The molecule has 2 aromatic rings. The third-order valence-electron chi connectivity index (χ3n) is 5.84. The van der Waals surface area contributed by atoms with Gasteiger partial charge in [0.25, 0.3) is 0 Å². The van der Waals surface area contributed by atoms with E-state index in [1.165, 1.54) is 16.4 Å². The van der Waals surface area contributed by atoms with Crippen LogP contribution in [0.3, 0.4) is 0 Å². The second-order valence-electron chi connectivity index (χ2n) is 8.07. The van der Waals surface area contributed by atoms with Crippen molar-refractivity contribution in [2.45, 2.75) is 30.7 Å². The molecule has 0 saturated carbocycles. The minimum absolute atomic E-state index is 0.0667. The number of carbonyl (C=O) groups excluding carboxylic acids is 2. The molecular weight excluding hydrogens is 430 g/mol. The highest BCUT2D eigenvalue weighted by molar-refractivity contribution is 7.89. The number of hydrogen-bond donors (Lipinski definition) is 2. The summed E-state index contributed by atoms with van der Waals surface area (Å²) in [5.41, 5.74) is 1.35. The molecule has 32 heavy (non-hydrogen) atoms. The van der Waals surface area contributed by atoms with Crippen molar-refractivity contribution in [2.24, 2.45) is 5.92 Å². The number of anilines is 1. The van der Waals surface area contributed by atoms with Gasteiger partial charge in [0.1, 0.15) is 0 Å². The van der Waals surface area contributed by atoms with Gasteiger partial charge >= 0.3 is 6.03 Å². The first-order chi connectivity index (χ1) is 15.4. The van der Waals surface area contributed by atoms with E-state index in [-0.39, 0.29) is 23.3 Å². The zero-order chi connectivity index (χ0) is 22.6. The maximum Gasteiger partial charge on any atom is 0.319 e. The predicted molar refractivity (Wildman–Crippen MR) is 119 cm³/mol. The molecule has 4 rings (SSSR count). The van der Waals surface area contributed by atoms with E-state index < -0.39 is 16.1 Å². The molecule has 2 N–H and O–H groups in total. The molecule has 2 fully saturated rings. The van der Waals surface area contributed by atoms with Gasteiger partial charge in [-0.3, -0.25) is 9.78 Å². The van der Waals surface area contributed by atoms with E-state index in [1.54, 1.807) is 30.6 Å². The summed E-state index contributed by atoms with van der Waals surface area (Å²) in [6.45, 7) is 2.43. The Bertz CT molecular complexity index is 1050. The third-order valence-corrected chi connectivity index (χ3v) is 7.72. The highest BCUT2D eigenvalue weighted by atomic mass is 32.2. The van der Waals surface area contributed by atoms with Crippen LogP contribution in [-0.4, -0.2) is 60.7 Å². The van der Waals surface area contributed by atoms with Crippen molar-refractivity contribution < 1.29 is 18.0 Å². The number of rotatable bonds is 6. The van der Waals surface area contributed by atoms with E-state index in [0.717, 1.165) is 31.5 Å². The Morgan fingerprint density at radius 2 is 1.81 bits per heavy atom. The van der Waals surface area contributed by atoms with Crippen LogP contribution in [0.2, 0.25) is 0 Å². The van der Waals surface area contributed by atoms with Crippen molar-refractivity contribution in [1.82, 2.24) is 19.5 Å². The average molecular weight is 458 g/mol. The van der Waals surface area contributed by atoms with E-state index >= 15 is 0 Å². The lowest BCUT2D eigenvalue weighted by Gasteiger charge is -2.20. The predicted octanol–water partition coefficient (Wildman–Crippen LogP) is 2.04. The summed E-state index contributed by atoms with van der Waals surface area (Å²) in [6.07, 6.45) is 5.91. The van der Waals surface area contributed by atoms with Gasteiger partial charge in [-0.25, -0.2) is 13.2 Å². The third kappa shape index (κ3) is 5.08. The van der Waals surface area contributed by atoms with Crippen LogP contribution >= 0.6 is 0 Å². The Balaban J connectivity index is 1.32. The zero-order valence-corrected chi connectivity index (χ0v) is 18.6. The van der Waals surface area contributed by atoms with Crippen molar-refractivity contribution in [3.8, 4) is 0 Å². The number of pyridine rings is 1. The van der Waals surface area contributed by atoms with Crippen LogP contribution in [0.25, 0.3) is 0 Å². The summed E-state index contributed by atoms with van der Waals surface area (Å²) in [4.78, 5) is 30.7. The molecule has 9 nitrogen and oxygen atoms in total. The largest absolute Gasteiger partial charge is 0.342 e. The first-order valence-electron chi connectivity index (χ1n) is 10.8. The molecule has 10 heteroatoms. The molecule has 1 unspecified atom stereocenters. The van der Waals surface area contributed by atoms with Gasteiger partial charge in [-0.05, 0) is 55.2 Å². The van der Waals surface area contributed by atoms with E-state index in [9.17, 15) is 18.0 Å². The smallest absolute Gasteiger partial charge is 0.319 e. The number of urea groups is 1. The van der Waals surface area contributed by atoms with Gasteiger partial charge in [0.2, 0.25) is 15.9 Å². The van der Waals surface area contributed by atoms with Gasteiger partial charge in [0.05, 0.1) is 10.8 Å². The number of nitrogens with zero attached hydrogens (tertiary/aromatic N) is 3. The van der Waals surface area contributed by atoms with Gasteiger partial charge in [0.15, 0.2) is 0 Å². The second-order valence-corrected chi connectivity index (χ2v) is 10.0. The van der Waals surface area contributed by atoms with Gasteiger partial charge in [-0.2, -0.15) is 4.31 Å². The van der Waals surface area contributed by atoms with E-state index in [2.05, 4.69) is 15.6 Å². The quantitative estimate of drug-likeness (QED) is 0.690. The molecule has 1 atom stereocenters. The van der Waals surface area contributed by atoms with Crippen LogP contribution in [-0.2, 0) is 21.4 Å². The highest BCUT2D eigenvalue weighted by Crippen LogP contribution is 2.27. The van der Waals surface area contributed by atoms with Crippen LogP contribution in [0.5, 0.6) is 0 Å². The number of likely N-dealkylation sites (tertiary alicyclic amines) is 1. The van der Waals surface area contributed by atoms with Crippen molar-refractivity contribution >= 4 is 27.6 Å². The molecule has 0 aliphatic carbocycles. The Morgan fingerprint density at radius 3 is 2.50 bits per heavy atom. The van der Waals surface area contributed by atoms with Crippen LogP contribution in [0.4, 0.5) is 10.5 Å². The van der Waals surface area contributed by atoms with Crippen LogP contribution in [0, 0.1) is 5.92 Å². The van der Waals surface area contributed by atoms with Crippen molar-refractivity contribution in [3.63, 3.8) is 0 Å². The number of carbonyl (C=O) groups is 2. The monoisotopic (exact) mass is 457 g/mol. The van der Waals surface area contributed by atoms with E-state index in [4.69, 9.17) is 0 Å². The number of sulfonamides is 1. The summed E-state index contributed by atoms with van der Waals surface area (Å²) in [5, 5.41) is 5.41. The lowest BCUT2D eigenvalue weighted by atomic mass is 10.1. The zero-order valence-electron chi connectivity index (χ0n) is 17.7. The minimum atomic E-state index is -3.69. The Hall–Kier alpha value is -2.98. The molecule has 2 saturated heterocycles. The van der Waals surface area contributed by atoms with Crippen molar-refractivity contribution in [1.29, 1.82) is 0 Å². The second kappa shape index (κ2) is 9.66. The summed E-state index contributed by atoms with van der Waals surface area (Å²) in [6, 6.07) is 9.31. The molecule has 0 spiro atoms. The fraction of sp³-hybridized carbons (Fsp3) is 0.409. The maximum atomic E-state index is 13.0. The molecule has 2 aliphatic rings. The molecule has 0 bridgehead atoms. The fourth-order valence-electron chi connectivity index (χ4n) is 4.06. The van der Waals surface area contributed by atoms with Crippen LogP contribution < -0.4 is 10.6 Å². The first kappa shape index (κ1) is 22.2. The standard InChI is InChI=1S/C22H27N5O4S/c28-21(26-11-1-2-12-26)18-9-13-27(16-18)32(30,31)20-7-5-19(6-8-20)25-22(29)24-15-17-4-3-10-23-14-17/h3-8,10,14,18H,1-2,9,11-13,15-16H2,(H2,24,25,29). The van der Waals surface area contributed by atoms with Crippen LogP contribution in [0.1, 0.15) is 24.8 Å². The maximum absolute atomic E-state index is 13.0. The lowest BCUT2D eigenvalue weighted by molar-refractivity contribution is -0.133. The van der Waals surface area contributed by atoms with E-state index in [1.807, 2.05) is 11.0 Å². The van der Waals surface area contributed by atoms with Gasteiger partial charge in [-0.15, -0.1) is 0 Å². The number of aromatic nitrogens is 1.